The van der Waals surface area contributed by atoms with Crippen molar-refractivity contribution in [2.45, 2.75) is 25.4 Å². The van der Waals surface area contributed by atoms with Crippen LogP contribution in [0.15, 0.2) is 6.07 Å². The molecule has 1 saturated carbocycles. The molecule has 0 aliphatic heterocycles. The van der Waals surface area contributed by atoms with Crippen LogP contribution in [0.4, 0.5) is 19.0 Å². The van der Waals surface area contributed by atoms with E-state index in [1.54, 1.807) is 0 Å². The van der Waals surface area contributed by atoms with Gasteiger partial charge >= 0.3 is 0 Å². The van der Waals surface area contributed by atoms with Crippen LogP contribution in [-0.2, 0) is 0 Å². The first-order chi connectivity index (χ1) is 8.06. The standard InChI is InChI=1S/C11H13F3N2O/c12-8-4-9(13)11(16-10(8)14)15-5-6-1-2-7(17)3-6/h4,6-7,17H,1-3,5H2,(H,15,16). The molecule has 1 heterocycles. The molecule has 1 aliphatic rings. The molecular formula is C11H13F3N2O. The molecule has 2 N–H and O–H groups in total. The number of aliphatic hydroxyl groups is 1. The zero-order chi connectivity index (χ0) is 12.4. The summed E-state index contributed by atoms with van der Waals surface area (Å²) in [6.07, 6.45) is 1.88. The predicted molar refractivity (Wildman–Crippen MR) is 55.9 cm³/mol. The fourth-order valence-electron chi connectivity index (χ4n) is 2.04. The summed E-state index contributed by atoms with van der Waals surface area (Å²) < 4.78 is 38.6. The molecular weight excluding hydrogens is 233 g/mol. The Hall–Kier alpha value is -1.30. The number of anilines is 1. The van der Waals surface area contributed by atoms with E-state index in [4.69, 9.17) is 0 Å². The van der Waals surface area contributed by atoms with Gasteiger partial charge in [-0.25, -0.2) is 8.78 Å². The van der Waals surface area contributed by atoms with E-state index in [2.05, 4.69) is 10.3 Å². The first-order valence-corrected chi connectivity index (χ1v) is 5.49. The van der Waals surface area contributed by atoms with Crippen LogP contribution in [0.5, 0.6) is 0 Å². The Labute approximate surface area is 96.7 Å². The van der Waals surface area contributed by atoms with Crippen LogP contribution in [0.2, 0.25) is 0 Å². The molecule has 0 radical (unpaired) electrons. The van der Waals surface area contributed by atoms with E-state index in [1.165, 1.54) is 0 Å². The molecule has 0 aromatic carbocycles. The topological polar surface area (TPSA) is 45.1 Å². The molecule has 94 valence electrons. The van der Waals surface area contributed by atoms with Gasteiger partial charge in [0.25, 0.3) is 5.95 Å². The maximum Gasteiger partial charge on any atom is 0.251 e. The number of hydrogen-bond donors (Lipinski definition) is 2. The molecule has 2 unspecified atom stereocenters. The highest BCUT2D eigenvalue weighted by atomic mass is 19.2. The Morgan fingerprint density at radius 1 is 1.29 bits per heavy atom. The Morgan fingerprint density at radius 2 is 2.06 bits per heavy atom. The van der Waals surface area contributed by atoms with Crippen LogP contribution < -0.4 is 5.32 Å². The summed E-state index contributed by atoms with van der Waals surface area (Å²) in [5, 5.41) is 11.9. The van der Waals surface area contributed by atoms with Crippen LogP contribution in [0.3, 0.4) is 0 Å². The molecule has 6 heteroatoms. The average molecular weight is 246 g/mol. The summed E-state index contributed by atoms with van der Waals surface area (Å²) in [5.74, 6) is -3.61. The number of halogens is 3. The summed E-state index contributed by atoms with van der Waals surface area (Å²) in [4.78, 5) is 3.16. The summed E-state index contributed by atoms with van der Waals surface area (Å²) in [5.41, 5.74) is 0. The number of aromatic nitrogens is 1. The smallest absolute Gasteiger partial charge is 0.251 e. The van der Waals surface area contributed by atoms with E-state index in [1.807, 2.05) is 0 Å². The van der Waals surface area contributed by atoms with E-state index in [9.17, 15) is 18.3 Å². The van der Waals surface area contributed by atoms with Gasteiger partial charge in [0.2, 0.25) is 0 Å². The lowest BCUT2D eigenvalue weighted by atomic mass is 10.1. The van der Waals surface area contributed by atoms with Gasteiger partial charge in [-0.2, -0.15) is 9.37 Å². The highest BCUT2D eigenvalue weighted by molar-refractivity contribution is 5.36. The van der Waals surface area contributed by atoms with Gasteiger partial charge in [-0.15, -0.1) is 0 Å². The number of nitrogens with one attached hydrogen (secondary N) is 1. The van der Waals surface area contributed by atoms with Crippen molar-refractivity contribution in [3.8, 4) is 0 Å². The van der Waals surface area contributed by atoms with Gasteiger partial charge in [-0.3, -0.25) is 0 Å². The van der Waals surface area contributed by atoms with E-state index in [0.29, 0.717) is 19.0 Å². The van der Waals surface area contributed by atoms with Crippen LogP contribution in [0.25, 0.3) is 0 Å². The Morgan fingerprint density at radius 3 is 2.71 bits per heavy atom. The van der Waals surface area contributed by atoms with Crippen molar-refractivity contribution in [2.24, 2.45) is 5.92 Å². The van der Waals surface area contributed by atoms with Gasteiger partial charge < -0.3 is 10.4 Å². The largest absolute Gasteiger partial charge is 0.393 e. The molecule has 1 aromatic rings. The molecule has 1 aliphatic carbocycles. The Kier molecular flexibility index (Phi) is 3.51. The molecule has 0 saturated heterocycles. The third-order valence-corrected chi connectivity index (χ3v) is 2.96. The van der Waals surface area contributed by atoms with Gasteiger partial charge in [-0.05, 0) is 25.2 Å². The molecule has 0 spiro atoms. The zero-order valence-electron chi connectivity index (χ0n) is 9.09. The molecule has 2 atom stereocenters. The summed E-state index contributed by atoms with van der Waals surface area (Å²) in [6, 6.07) is 0.466. The number of nitrogens with zero attached hydrogens (tertiary/aromatic N) is 1. The van der Waals surface area contributed by atoms with Crippen molar-refractivity contribution < 1.29 is 18.3 Å². The zero-order valence-corrected chi connectivity index (χ0v) is 9.09. The third kappa shape index (κ3) is 2.88. The molecule has 0 amide bonds. The minimum Gasteiger partial charge on any atom is -0.393 e. The van der Waals surface area contributed by atoms with Crippen molar-refractivity contribution in [3.05, 3.63) is 23.6 Å². The fourth-order valence-corrected chi connectivity index (χ4v) is 2.04. The monoisotopic (exact) mass is 246 g/mol. The average Bonchev–Trinajstić information content (AvgIpc) is 2.68. The fraction of sp³-hybridized carbons (Fsp3) is 0.545. The molecule has 3 nitrogen and oxygen atoms in total. The summed E-state index contributed by atoms with van der Waals surface area (Å²) in [6.45, 7) is 0.395. The number of hydrogen-bond acceptors (Lipinski definition) is 3. The Bertz CT molecular complexity index is 414. The maximum atomic E-state index is 13.2. The lowest BCUT2D eigenvalue weighted by molar-refractivity contribution is 0.178. The molecule has 0 bridgehead atoms. The number of pyridine rings is 1. The maximum absolute atomic E-state index is 13.2. The number of aliphatic hydroxyl groups excluding tert-OH is 1. The van der Waals surface area contributed by atoms with Gasteiger partial charge in [-0.1, -0.05) is 0 Å². The minimum absolute atomic E-state index is 0.208. The van der Waals surface area contributed by atoms with Gasteiger partial charge in [0, 0.05) is 12.6 Å². The lowest BCUT2D eigenvalue weighted by Gasteiger charge is -2.11. The highest BCUT2D eigenvalue weighted by Crippen LogP contribution is 2.25. The van der Waals surface area contributed by atoms with E-state index in [0.717, 1.165) is 12.8 Å². The molecule has 1 aromatic heterocycles. The lowest BCUT2D eigenvalue weighted by Crippen LogP contribution is -2.15. The number of rotatable bonds is 3. The molecule has 1 fully saturated rings. The predicted octanol–water partition coefficient (Wildman–Crippen LogP) is 2.07. The first-order valence-electron chi connectivity index (χ1n) is 5.49. The quantitative estimate of drug-likeness (QED) is 0.802. The van der Waals surface area contributed by atoms with Crippen molar-refractivity contribution in [2.75, 3.05) is 11.9 Å². The van der Waals surface area contributed by atoms with Crippen molar-refractivity contribution in [1.29, 1.82) is 0 Å². The van der Waals surface area contributed by atoms with Gasteiger partial charge in [0.1, 0.15) is 0 Å². The van der Waals surface area contributed by atoms with E-state index >= 15 is 0 Å². The second kappa shape index (κ2) is 4.91. The summed E-state index contributed by atoms with van der Waals surface area (Å²) >= 11 is 0. The van der Waals surface area contributed by atoms with E-state index in [-0.39, 0.29) is 17.8 Å². The van der Waals surface area contributed by atoms with Crippen LogP contribution in [-0.4, -0.2) is 22.7 Å². The Balaban J connectivity index is 1.97. The molecule has 17 heavy (non-hydrogen) atoms. The van der Waals surface area contributed by atoms with Crippen molar-refractivity contribution in [1.82, 2.24) is 4.98 Å². The van der Waals surface area contributed by atoms with Crippen LogP contribution in [0.1, 0.15) is 19.3 Å². The van der Waals surface area contributed by atoms with Crippen LogP contribution in [0, 0.1) is 23.5 Å². The highest BCUT2D eigenvalue weighted by Gasteiger charge is 2.23. The van der Waals surface area contributed by atoms with E-state index < -0.39 is 17.6 Å². The first kappa shape index (κ1) is 12.2. The minimum atomic E-state index is -1.32. The third-order valence-electron chi connectivity index (χ3n) is 2.96. The van der Waals surface area contributed by atoms with Gasteiger partial charge in [0.15, 0.2) is 17.5 Å². The van der Waals surface area contributed by atoms with Crippen molar-refractivity contribution in [3.63, 3.8) is 0 Å². The second-order valence-corrected chi connectivity index (χ2v) is 4.31. The van der Waals surface area contributed by atoms with Gasteiger partial charge in [0.05, 0.1) is 6.10 Å². The van der Waals surface area contributed by atoms with Crippen LogP contribution >= 0.6 is 0 Å². The summed E-state index contributed by atoms with van der Waals surface area (Å²) in [7, 11) is 0. The normalized spacial score (nSPS) is 24.0. The molecule has 2 rings (SSSR count). The SMILES string of the molecule is OC1CCC(CNc2nc(F)c(F)cc2F)C1. The van der Waals surface area contributed by atoms with Crippen molar-refractivity contribution >= 4 is 5.82 Å². The second-order valence-electron chi connectivity index (χ2n) is 4.31.